The molecular weight excluding hydrogens is 417 g/mol. The second kappa shape index (κ2) is 8.01. The zero-order valence-electron chi connectivity index (χ0n) is 16.3. The highest BCUT2D eigenvalue weighted by Crippen LogP contribution is 2.30. The molecule has 3 aromatic rings. The fraction of sp³-hybridized carbons (Fsp3) is 0.150. The monoisotopic (exact) mass is 434 g/mol. The topological polar surface area (TPSA) is 120 Å². The van der Waals surface area contributed by atoms with Crippen LogP contribution in [-0.4, -0.2) is 31.6 Å². The van der Waals surface area contributed by atoms with Gasteiger partial charge in [-0.1, -0.05) is 6.07 Å². The summed E-state index contributed by atoms with van der Waals surface area (Å²) in [5.41, 5.74) is 1.20. The molecular formula is C20H17F3N4O4. The number of hydrogen-bond acceptors (Lipinski definition) is 5. The van der Waals surface area contributed by atoms with Crippen LogP contribution < -0.4 is 11.0 Å². The molecule has 0 unspecified atom stereocenters. The second-order valence-electron chi connectivity index (χ2n) is 6.64. The van der Waals surface area contributed by atoms with Crippen LogP contribution >= 0.6 is 0 Å². The maximum absolute atomic E-state index is 13.0. The third-order valence-electron chi connectivity index (χ3n) is 4.43. The highest BCUT2D eigenvalue weighted by atomic mass is 19.4. The molecule has 2 aromatic carbocycles. The van der Waals surface area contributed by atoms with Gasteiger partial charge in [0.05, 0.1) is 22.5 Å². The first kappa shape index (κ1) is 21.7. The number of rotatable bonds is 4. The number of aromatic nitrogens is 2. The molecule has 1 amide bonds. The Labute approximate surface area is 173 Å². The van der Waals surface area contributed by atoms with Crippen molar-refractivity contribution in [2.24, 2.45) is 5.10 Å². The standard InChI is InChI=1S/C20H17F3N4O4/c1-10(24-25-18(30)12-6-7-15(28)16(29)8-12)17-11(2)26-27(19(17)31)14-5-3-4-13(9-14)20(21,22)23/h3-9,26,28-29H,1-2H3,(H,25,30)/b24-10-. The third kappa shape index (κ3) is 4.44. The number of hydrogen-bond donors (Lipinski definition) is 4. The van der Waals surface area contributed by atoms with Crippen LogP contribution in [0.3, 0.4) is 0 Å². The SMILES string of the molecule is C/C(=N/NC(=O)c1ccc(O)c(O)c1)c1c(C)[nH]n(-c2cccc(C(F)(F)F)c2)c1=O. The van der Waals surface area contributed by atoms with Gasteiger partial charge in [0.2, 0.25) is 0 Å². The summed E-state index contributed by atoms with van der Waals surface area (Å²) in [6, 6.07) is 7.71. The Bertz CT molecular complexity index is 1240. The smallest absolute Gasteiger partial charge is 0.416 e. The number of amides is 1. The van der Waals surface area contributed by atoms with E-state index < -0.39 is 34.7 Å². The molecule has 1 aromatic heterocycles. The summed E-state index contributed by atoms with van der Waals surface area (Å²) in [6.45, 7) is 2.99. The third-order valence-corrected chi connectivity index (χ3v) is 4.43. The van der Waals surface area contributed by atoms with Crippen molar-refractivity contribution in [1.29, 1.82) is 0 Å². The predicted octanol–water partition coefficient (Wildman–Crippen LogP) is 3.06. The Hall–Kier alpha value is -4.02. The van der Waals surface area contributed by atoms with Crippen molar-refractivity contribution in [3.63, 3.8) is 0 Å². The second-order valence-corrected chi connectivity index (χ2v) is 6.64. The van der Waals surface area contributed by atoms with E-state index in [1.54, 1.807) is 6.92 Å². The van der Waals surface area contributed by atoms with E-state index in [2.05, 4.69) is 15.6 Å². The highest BCUT2D eigenvalue weighted by molar-refractivity contribution is 6.01. The van der Waals surface area contributed by atoms with E-state index in [9.17, 15) is 33.0 Å². The van der Waals surface area contributed by atoms with Gasteiger partial charge in [0, 0.05) is 11.3 Å². The molecule has 0 saturated carbocycles. The largest absolute Gasteiger partial charge is 0.504 e. The van der Waals surface area contributed by atoms with Gasteiger partial charge in [-0.15, -0.1) is 0 Å². The van der Waals surface area contributed by atoms with Crippen LogP contribution in [0.2, 0.25) is 0 Å². The van der Waals surface area contributed by atoms with Gasteiger partial charge < -0.3 is 10.2 Å². The summed E-state index contributed by atoms with van der Waals surface area (Å²) in [4.78, 5) is 24.9. The summed E-state index contributed by atoms with van der Waals surface area (Å²) >= 11 is 0. The number of aromatic hydroxyl groups is 2. The minimum absolute atomic E-state index is 0.00872. The number of H-pyrrole nitrogens is 1. The van der Waals surface area contributed by atoms with E-state index in [4.69, 9.17) is 0 Å². The number of aromatic amines is 1. The lowest BCUT2D eigenvalue weighted by Crippen LogP contribution is -2.23. The fourth-order valence-electron chi connectivity index (χ4n) is 2.90. The molecule has 0 radical (unpaired) electrons. The van der Waals surface area contributed by atoms with E-state index in [1.165, 1.54) is 25.1 Å². The van der Waals surface area contributed by atoms with E-state index in [-0.39, 0.29) is 22.5 Å². The highest BCUT2D eigenvalue weighted by Gasteiger charge is 2.30. The molecule has 11 heteroatoms. The zero-order chi connectivity index (χ0) is 22.9. The lowest BCUT2D eigenvalue weighted by atomic mass is 10.1. The van der Waals surface area contributed by atoms with Crippen LogP contribution in [0, 0.1) is 6.92 Å². The Morgan fingerprint density at radius 2 is 1.84 bits per heavy atom. The van der Waals surface area contributed by atoms with Crippen molar-refractivity contribution < 1.29 is 28.2 Å². The van der Waals surface area contributed by atoms with Crippen LogP contribution in [0.5, 0.6) is 11.5 Å². The number of phenolic OH excluding ortho intramolecular Hbond substituents is 2. The molecule has 162 valence electrons. The summed E-state index contributed by atoms with van der Waals surface area (Å²) in [5, 5.41) is 25.3. The van der Waals surface area contributed by atoms with Crippen LogP contribution in [0.25, 0.3) is 5.69 Å². The van der Waals surface area contributed by atoms with Crippen molar-refractivity contribution in [3.05, 3.63) is 75.2 Å². The van der Waals surface area contributed by atoms with Gasteiger partial charge in [-0.3, -0.25) is 14.7 Å². The van der Waals surface area contributed by atoms with Gasteiger partial charge in [-0.2, -0.15) is 18.3 Å². The van der Waals surface area contributed by atoms with Crippen molar-refractivity contribution >= 4 is 11.6 Å². The number of alkyl halides is 3. The molecule has 0 fully saturated rings. The van der Waals surface area contributed by atoms with Crippen LogP contribution in [0.1, 0.15) is 34.1 Å². The number of nitrogens with zero attached hydrogens (tertiary/aromatic N) is 2. The van der Waals surface area contributed by atoms with Crippen molar-refractivity contribution in [2.45, 2.75) is 20.0 Å². The van der Waals surface area contributed by atoms with E-state index in [0.29, 0.717) is 5.69 Å². The quantitative estimate of drug-likeness (QED) is 0.287. The minimum atomic E-state index is -4.56. The number of hydrazone groups is 1. The van der Waals surface area contributed by atoms with Crippen molar-refractivity contribution in [2.75, 3.05) is 0 Å². The first-order valence-corrected chi connectivity index (χ1v) is 8.85. The van der Waals surface area contributed by atoms with Crippen molar-refractivity contribution in [3.8, 4) is 17.2 Å². The summed E-state index contributed by atoms with van der Waals surface area (Å²) in [7, 11) is 0. The summed E-state index contributed by atoms with van der Waals surface area (Å²) in [6.07, 6.45) is -4.56. The van der Waals surface area contributed by atoms with Gasteiger partial charge in [0.15, 0.2) is 11.5 Å². The lowest BCUT2D eigenvalue weighted by molar-refractivity contribution is -0.137. The van der Waals surface area contributed by atoms with Crippen LogP contribution in [-0.2, 0) is 6.18 Å². The van der Waals surface area contributed by atoms with E-state index in [1.807, 2.05) is 0 Å². The maximum atomic E-state index is 13.0. The minimum Gasteiger partial charge on any atom is -0.504 e. The predicted molar refractivity (Wildman–Crippen MR) is 106 cm³/mol. The first-order valence-electron chi connectivity index (χ1n) is 8.85. The average Bonchev–Trinajstić information content (AvgIpc) is 3.01. The molecule has 0 aliphatic heterocycles. The molecule has 1 heterocycles. The number of carbonyl (C=O) groups excluding carboxylic acids is 1. The van der Waals surface area contributed by atoms with Gasteiger partial charge in [-0.25, -0.2) is 10.1 Å². The molecule has 0 aliphatic rings. The Balaban J connectivity index is 1.90. The van der Waals surface area contributed by atoms with Gasteiger partial charge >= 0.3 is 6.18 Å². The number of nitrogens with one attached hydrogen (secondary N) is 2. The average molecular weight is 434 g/mol. The molecule has 8 nitrogen and oxygen atoms in total. The number of benzene rings is 2. The molecule has 3 rings (SSSR count). The normalized spacial score (nSPS) is 12.1. The molecule has 31 heavy (non-hydrogen) atoms. The Kier molecular flexibility index (Phi) is 5.60. The maximum Gasteiger partial charge on any atom is 0.416 e. The molecule has 0 aliphatic carbocycles. The number of phenols is 2. The van der Waals surface area contributed by atoms with Gasteiger partial charge in [-0.05, 0) is 50.2 Å². The lowest BCUT2D eigenvalue weighted by Gasteiger charge is -2.08. The summed E-state index contributed by atoms with van der Waals surface area (Å²) < 4.78 is 39.9. The molecule has 4 N–H and O–H groups in total. The Morgan fingerprint density at radius 1 is 1.13 bits per heavy atom. The van der Waals surface area contributed by atoms with Gasteiger partial charge in [0.1, 0.15) is 0 Å². The number of carbonyl (C=O) groups is 1. The van der Waals surface area contributed by atoms with E-state index >= 15 is 0 Å². The Morgan fingerprint density at radius 3 is 2.48 bits per heavy atom. The molecule has 0 bridgehead atoms. The van der Waals surface area contributed by atoms with Crippen LogP contribution in [0.15, 0.2) is 52.4 Å². The molecule has 0 atom stereocenters. The number of halogens is 3. The van der Waals surface area contributed by atoms with Gasteiger partial charge in [0.25, 0.3) is 11.5 Å². The van der Waals surface area contributed by atoms with Crippen LogP contribution in [0.4, 0.5) is 13.2 Å². The zero-order valence-corrected chi connectivity index (χ0v) is 16.3. The van der Waals surface area contributed by atoms with E-state index in [0.717, 1.165) is 28.9 Å². The molecule has 0 spiro atoms. The molecule has 0 saturated heterocycles. The fourth-order valence-corrected chi connectivity index (χ4v) is 2.90. The summed E-state index contributed by atoms with van der Waals surface area (Å²) in [5.74, 6) is -1.59. The number of aryl methyl sites for hydroxylation is 1. The first-order chi connectivity index (χ1) is 14.5. The van der Waals surface area contributed by atoms with Crippen molar-refractivity contribution in [1.82, 2.24) is 15.2 Å².